The molecule has 9 heteroatoms. The van der Waals surface area contributed by atoms with Gasteiger partial charge in [-0.2, -0.15) is 13.2 Å². The minimum absolute atomic E-state index is 0.121. The van der Waals surface area contributed by atoms with Crippen LogP contribution in [0.3, 0.4) is 0 Å². The Labute approximate surface area is 133 Å². The molecule has 0 aliphatic rings. The molecule has 0 spiro atoms. The first-order valence-electron chi connectivity index (χ1n) is 6.63. The molecule has 5 nitrogen and oxygen atoms in total. The van der Waals surface area contributed by atoms with Gasteiger partial charge in [0.1, 0.15) is 15.6 Å². The Morgan fingerprint density at radius 1 is 1.26 bits per heavy atom. The van der Waals surface area contributed by atoms with Crippen molar-refractivity contribution >= 4 is 15.7 Å². The van der Waals surface area contributed by atoms with Crippen molar-refractivity contribution in [2.75, 3.05) is 25.7 Å². The van der Waals surface area contributed by atoms with Crippen molar-refractivity contribution in [2.24, 2.45) is 0 Å². The van der Waals surface area contributed by atoms with Crippen LogP contribution in [0.4, 0.5) is 13.2 Å². The van der Waals surface area contributed by atoms with Crippen molar-refractivity contribution in [3.63, 3.8) is 0 Å². The number of carbonyl (C=O) groups is 1. The molecule has 0 aliphatic heterocycles. The first-order valence-corrected chi connectivity index (χ1v) is 8.69. The van der Waals surface area contributed by atoms with Crippen LogP contribution in [0, 0.1) is 0 Å². The summed E-state index contributed by atoms with van der Waals surface area (Å²) in [6.07, 6.45) is -3.36. The lowest BCUT2D eigenvalue weighted by Gasteiger charge is -2.24. The molecule has 130 valence electrons. The highest BCUT2D eigenvalue weighted by atomic mass is 32.2. The van der Waals surface area contributed by atoms with E-state index in [1.807, 2.05) is 0 Å². The highest BCUT2D eigenvalue weighted by Gasteiger charge is 2.30. The third-order valence-corrected chi connectivity index (χ3v) is 4.23. The summed E-state index contributed by atoms with van der Waals surface area (Å²) in [5, 5.41) is 0. The van der Waals surface area contributed by atoms with Gasteiger partial charge in [-0.05, 0) is 31.2 Å². The number of alkyl halides is 3. The molecular weight excluding hydrogens is 335 g/mol. The van der Waals surface area contributed by atoms with Crippen molar-refractivity contribution in [3.05, 3.63) is 29.8 Å². The van der Waals surface area contributed by atoms with Crippen LogP contribution in [0.15, 0.2) is 24.3 Å². The molecule has 1 aromatic carbocycles. The predicted octanol–water partition coefficient (Wildman–Crippen LogP) is 1.98. The van der Waals surface area contributed by atoms with E-state index in [-0.39, 0.29) is 11.5 Å². The fourth-order valence-corrected chi connectivity index (χ4v) is 2.88. The average molecular weight is 353 g/mol. The maximum atomic E-state index is 12.4. The van der Waals surface area contributed by atoms with Gasteiger partial charge in [0.2, 0.25) is 0 Å². The minimum atomic E-state index is -4.43. The molecule has 0 aromatic heterocycles. The maximum absolute atomic E-state index is 12.4. The second-order valence-electron chi connectivity index (χ2n) is 5.26. The summed E-state index contributed by atoms with van der Waals surface area (Å²) >= 11 is 0. The quantitative estimate of drug-likeness (QED) is 0.784. The average Bonchev–Trinajstić information content (AvgIpc) is 2.41. The summed E-state index contributed by atoms with van der Waals surface area (Å²) in [4.78, 5) is 13.1. The van der Waals surface area contributed by atoms with Crippen LogP contribution < -0.4 is 4.74 Å². The lowest BCUT2D eigenvalue weighted by atomic mass is 10.2. The molecular formula is C14H18F3NO4S. The second-order valence-corrected chi connectivity index (χ2v) is 7.44. The molecule has 1 rings (SSSR count). The Kier molecular flexibility index (Phi) is 6.04. The summed E-state index contributed by atoms with van der Waals surface area (Å²) in [5.41, 5.74) is -0.810. The molecule has 0 bridgehead atoms. The molecule has 1 aromatic rings. The van der Waals surface area contributed by atoms with Gasteiger partial charge in [-0.3, -0.25) is 4.79 Å². The van der Waals surface area contributed by atoms with Gasteiger partial charge in [-0.15, -0.1) is 0 Å². The number of sulfone groups is 1. The molecule has 0 saturated carbocycles. The summed E-state index contributed by atoms with van der Waals surface area (Å²) < 4.78 is 64.8. The van der Waals surface area contributed by atoms with Crippen molar-refractivity contribution in [3.8, 4) is 5.75 Å². The number of likely N-dealkylation sites (N-methyl/N-ethyl adjacent to an activating group) is 1. The van der Waals surface area contributed by atoms with Crippen LogP contribution in [-0.2, 0) is 20.8 Å². The van der Waals surface area contributed by atoms with E-state index in [4.69, 9.17) is 4.74 Å². The zero-order valence-corrected chi connectivity index (χ0v) is 13.7. The van der Waals surface area contributed by atoms with Crippen molar-refractivity contribution in [2.45, 2.75) is 19.1 Å². The fourth-order valence-electron chi connectivity index (χ4n) is 1.78. The standard InChI is InChI=1S/C14H18F3NO4S/c1-10(9-23(3,20)21)18(2)13(19)8-22-12-6-4-11(5-7-12)14(15,16)17/h4-7,10H,8-9H2,1-3H3/t10-/m0/s1. The Morgan fingerprint density at radius 3 is 2.22 bits per heavy atom. The Morgan fingerprint density at radius 2 is 1.78 bits per heavy atom. The van der Waals surface area contributed by atoms with Gasteiger partial charge >= 0.3 is 6.18 Å². The summed E-state index contributed by atoms with van der Waals surface area (Å²) in [6.45, 7) is 1.19. The number of hydrogen-bond acceptors (Lipinski definition) is 4. The van der Waals surface area contributed by atoms with Crippen LogP contribution in [-0.4, -0.2) is 50.9 Å². The van der Waals surface area contributed by atoms with Gasteiger partial charge < -0.3 is 9.64 Å². The zero-order chi connectivity index (χ0) is 17.8. The smallest absolute Gasteiger partial charge is 0.416 e. The zero-order valence-electron chi connectivity index (χ0n) is 12.9. The molecule has 0 radical (unpaired) electrons. The summed E-state index contributed by atoms with van der Waals surface area (Å²) in [7, 11) is -1.79. The van der Waals surface area contributed by atoms with Crippen LogP contribution in [0.5, 0.6) is 5.75 Å². The second kappa shape index (κ2) is 7.20. The first-order chi connectivity index (χ1) is 10.4. The van der Waals surface area contributed by atoms with E-state index in [0.717, 1.165) is 30.5 Å². The van der Waals surface area contributed by atoms with Crippen LogP contribution in [0.25, 0.3) is 0 Å². The van der Waals surface area contributed by atoms with E-state index >= 15 is 0 Å². The van der Waals surface area contributed by atoms with E-state index in [9.17, 15) is 26.4 Å². The Bertz CT molecular complexity index is 641. The van der Waals surface area contributed by atoms with Gasteiger partial charge in [0.05, 0.1) is 11.3 Å². The minimum Gasteiger partial charge on any atom is -0.484 e. The SMILES string of the molecule is C[C@@H](CS(C)(=O)=O)N(C)C(=O)COc1ccc(C(F)(F)F)cc1. The fraction of sp³-hybridized carbons (Fsp3) is 0.500. The van der Waals surface area contributed by atoms with Crippen LogP contribution in [0.1, 0.15) is 12.5 Å². The number of rotatable bonds is 6. The van der Waals surface area contributed by atoms with Gasteiger partial charge in [-0.1, -0.05) is 0 Å². The van der Waals surface area contributed by atoms with E-state index in [0.29, 0.717) is 0 Å². The van der Waals surface area contributed by atoms with Crippen LogP contribution >= 0.6 is 0 Å². The van der Waals surface area contributed by atoms with Gasteiger partial charge in [0, 0.05) is 19.3 Å². The van der Waals surface area contributed by atoms with E-state index in [1.54, 1.807) is 6.92 Å². The third-order valence-electron chi connectivity index (χ3n) is 3.14. The third kappa shape index (κ3) is 6.47. The topological polar surface area (TPSA) is 63.7 Å². The molecule has 0 aliphatic carbocycles. The Balaban J connectivity index is 2.59. The number of ether oxygens (including phenoxy) is 1. The van der Waals surface area contributed by atoms with Crippen molar-refractivity contribution < 1.29 is 31.1 Å². The number of amides is 1. The number of hydrogen-bond donors (Lipinski definition) is 0. The Hall–Kier alpha value is -1.77. The monoisotopic (exact) mass is 353 g/mol. The molecule has 23 heavy (non-hydrogen) atoms. The molecule has 0 fully saturated rings. The highest BCUT2D eigenvalue weighted by Crippen LogP contribution is 2.30. The largest absolute Gasteiger partial charge is 0.484 e. The van der Waals surface area contributed by atoms with Gasteiger partial charge in [0.15, 0.2) is 6.61 Å². The van der Waals surface area contributed by atoms with Gasteiger partial charge in [0.25, 0.3) is 5.91 Å². The molecule has 1 amide bonds. The van der Waals surface area contributed by atoms with Crippen molar-refractivity contribution in [1.82, 2.24) is 4.90 Å². The van der Waals surface area contributed by atoms with E-state index < -0.39 is 40.1 Å². The maximum Gasteiger partial charge on any atom is 0.416 e. The number of nitrogens with zero attached hydrogens (tertiary/aromatic N) is 1. The highest BCUT2D eigenvalue weighted by molar-refractivity contribution is 7.90. The number of benzene rings is 1. The van der Waals surface area contributed by atoms with Crippen molar-refractivity contribution in [1.29, 1.82) is 0 Å². The number of halogens is 3. The first kappa shape index (κ1) is 19.3. The molecule has 0 N–H and O–H groups in total. The lowest BCUT2D eigenvalue weighted by molar-refractivity contribution is -0.137. The summed E-state index contributed by atoms with van der Waals surface area (Å²) in [5.74, 6) is -0.535. The number of carbonyl (C=O) groups excluding carboxylic acids is 1. The normalized spacial score (nSPS) is 13.5. The predicted molar refractivity (Wildman–Crippen MR) is 78.9 cm³/mol. The lowest BCUT2D eigenvalue weighted by Crippen LogP contribution is -2.41. The molecule has 0 unspecified atom stereocenters. The molecule has 1 atom stereocenters. The van der Waals surface area contributed by atoms with E-state index in [1.165, 1.54) is 11.9 Å². The molecule has 0 heterocycles. The van der Waals surface area contributed by atoms with Gasteiger partial charge in [-0.25, -0.2) is 8.42 Å². The van der Waals surface area contributed by atoms with E-state index in [2.05, 4.69) is 0 Å². The van der Waals surface area contributed by atoms with Crippen LogP contribution in [0.2, 0.25) is 0 Å². The summed E-state index contributed by atoms with van der Waals surface area (Å²) in [6, 6.07) is 3.42. The molecule has 0 saturated heterocycles.